The van der Waals surface area contributed by atoms with Crippen molar-refractivity contribution in [2.24, 2.45) is 0 Å². The summed E-state index contributed by atoms with van der Waals surface area (Å²) in [5, 5.41) is 9.57. The van der Waals surface area contributed by atoms with Crippen molar-refractivity contribution in [3.8, 4) is 11.1 Å². The summed E-state index contributed by atoms with van der Waals surface area (Å²) in [5.74, 6) is 0. The molecule has 1 spiro atoms. The minimum absolute atomic E-state index is 0.545. The van der Waals surface area contributed by atoms with Crippen LogP contribution in [0, 0.1) is 0 Å². The Balaban J connectivity index is 1.10. The third-order valence-corrected chi connectivity index (χ3v) is 13.8. The van der Waals surface area contributed by atoms with Crippen molar-refractivity contribution in [1.82, 2.24) is 0 Å². The highest BCUT2D eigenvalue weighted by molar-refractivity contribution is 7.99. The van der Waals surface area contributed by atoms with Crippen molar-refractivity contribution in [2.45, 2.75) is 15.2 Å². The van der Waals surface area contributed by atoms with Crippen molar-refractivity contribution in [3.63, 3.8) is 0 Å². The number of benzene rings is 10. The largest absolute Gasteiger partial charge is 0.455 e. The highest BCUT2D eigenvalue weighted by Crippen LogP contribution is 2.62. The smallest absolute Gasteiger partial charge is 0.143 e. The standard InChI is InChI=1S/C55H33NOS/c1-2-13-37-31-38(25-23-34(37)11-1)56(40-26-29-43-45-28-24-35-12-3-4-16-41(35)54(45)57-50(43)33-40)39-27-30-52-49(32-39)55(47-20-7-8-22-51(47)58-52)46-19-6-5-17-42(46)44-18-9-14-36-15-10-21-48(55)53(36)44/h1-33H. The first-order chi connectivity index (χ1) is 28.7. The molecule has 2 nitrogen and oxygen atoms in total. The van der Waals surface area contributed by atoms with Crippen LogP contribution in [0.4, 0.5) is 17.1 Å². The zero-order valence-corrected chi connectivity index (χ0v) is 32.1. The first kappa shape index (κ1) is 32.1. The molecule has 2 heterocycles. The molecule has 1 unspecified atom stereocenters. The second kappa shape index (κ2) is 12.0. The van der Waals surface area contributed by atoms with E-state index in [1.807, 2.05) is 11.8 Å². The van der Waals surface area contributed by atoms with Gasteiger partial charge in [-0.3, -0.25) is 0 Å². The van der Waals surface area contributed by atoms with Gasteiger partial charge in [0.25, 0.3) is 0 Å². The molecule has 0 amide bonds. The van der Waals surface area contributed by atoms with E-state index in [1.165, 1.54) is 70.1 Å². The maximum absolute atomic E-state index is 6.79. The molecular formula is C55H33NOS. The molecule has 0 saturated heterocycles. The molecule has 270 valence electrons. The maximum Gasteiger partial charge on any atom is 0.143 e. The predicted molar refractivity (Wildman–Crippen MR) is 242 cm³/mol. The van der Waals surface area contributed by atoms with E-state index in [1.54, 1.807) is 0 Å². The van der Waals surface area contributed by atoms with Crippen LogP contribution in [0.15, 0.2) is 214 Å². The Labute approximate surface area is 339 Å². The normalized spacial score (nSPS) is 15.2. The van der Waals surface area contributed by atoms with E-state index < -0.39 is 5.41 Å². The van der Waals surface area contributed by atoms with Gasteiger partial charge in [0, 0.05) is 49.1 Å². The molecule has 0 radical (unpaired) electrons. The van der Waals surface area contributed by atoms with Gasteiger partial charge in [-0.1, -0.05) is 151 Å². The van der Waals surface area contributed by atoms with Crippen LogP contribution in [0.1, 0.15) is 22.3 Å². The molecule has 1 aliphatic carbocycles. The molecule has 10 aromatic carbocycles. The highest BCUT2D eigenvalue weighted by Gasteiger charge is 2.48. The molecular weight excluding hydrogens is 723 g/mol. The van der Waals surface area contributed by atoms with Crippen molar-refractivity contribution in [1.29, 1.82) is 0 Å². The van der Waals surface area contributed by atoms with Gasteiger partial charge >= 0.3 is 0 Å². The summed E-state index contributed by atoms with van der Waals surface area (Å²) in [5.41, 5.74) is 12.4. The second-order valence-corrected chi connectivity index (χ2v) is 16.7. The van der Waals surface area contributed by atoms with Gasteiger partial charge in [0.15, 0.2) is 0 Å². The maximum atomic E-state index is 6.79. The lowest BCUT2D eigenvalue weighted by atomic mass is 9.59. The van der Waals surface area contributed by atoms with Crippen LogP contribution in [0.5, 0.6) is 0 Å². The van der Waals surface area contributed by atoms with Crippen LogP contribution in [0.2, 0.25) is 0 Å². The van der Waals surface area contributed by atoms with E-state index in [2.05, 4.69) is 205 Å². The number of nitrogens with zero attached hydrogens (tertiary/aromatic N) is 1. The topological polar surface area (TPSA) is 16.4 Å². The Morgan fingerprint density at radius 3 is 1.93 bits per heavy atom. The van der Waals surface area contributed by atoms with Crippen LogP contribution in [0.25, 0.3) is 65.4 Å². The van der Waals surface area contributed by atoms with E-state index in [9.17, 15) is 0 Å². The molecule has 13 rings (SSSR count). The van der Waals surface area contributed by atoms with Crippen molar-refractivity contribution in [3.05, 3.63) is 222 Å². The summed E-state index contributed by atoms with van der Waals surface area (Å²) in [7, 11) is 0. The summed E-state index contributed by atoms with van der Waals surface area (Å²) < 4.78 is 6.79. The van der Waals surface area contributed by atoms with Gasteiger partial charge in [0.2, 0.25) is 0 Å². The van der Waals surface area contributed by atoms with Crippen LogP contribution >= 0.6 is 11.8 Å². The molecule has 3 heteroatoms. The van der Waals surface area contributed by atoms with Gasteiger partial charge < -0.3 is 9.32 Å². The fourth-order valence-electron chi connectivity index (χ4n) is 10.2. The van der Waals surface area contributed by atoms with Gasteiger partial charge in [-0.05, 0) is 115 Å². The SMILES string of the molecule is c1ccc2c(c1)Sc1ccc(N(c3ccc4ccccc4c3)c3ccc4c(c3)oc3c5ccccc5ccc43)cc1C21c2ccccc2-c2cccc3cccc1c23. The summed E-state index contributed by atoms with van der Waals surface area (Å²) >= 11 is 1.88. The molecule has 0 fully saturated rings. The molecule has 1 atom stereocenters. The summed E-state index contributed by atoms with van der Waals surface area (Å²) in [4.78, 5) is 4.98. The summed E-state index contributed by atoms with van der Waals surface area (Å²) in [6.45, 7) is 0. The van der Waals surface area contributed by atoms with Gasteiger partial charge in [-0.25, -0.2) is 0 Å². The molecule has 0 bridgehead atoms. The van der Waals surface area contributed by atoms with Crippen molar-refractivity contribution < 1.29 is 4.42 Å². The Bertz CT molecular complexity index is 3520. The zero-order chi connectivity index (χ0) is 38.0. The van der Waals surface area contributed by atoms with Gasteiger partial charge in [0.1, 0.15) is 11.2 Å². The molecule has 2 aliphatic rings. The van der Waals surface area contributed by atoms with Crippen LogP contribution in [-0.4, -0.2) is 0 Å². The van der Waals surface area contributed by atoms with Crippen molar-refractivity contribution in [2.75, 3.05) is 4.90 Å². The molecule has 58 heavy (non-hydrogen) atoms. The third kappa shape index (κ3) is 4.34. The lowest BCUT2D eigenvalue weighted by Crippen LogP contribution is -2.36. The number of anilines is 3. The number of furan rings is 1. The fraction of sp³-hybridized carbons (Fsp3) is 0.0182. The van der Waals surface area contributed by atoms with Crippen LogP contribution in [0.3, 0.4) is 0 Å². The van der Waals surface area contributed by atoms with E-state index in [4.69, 9.17) is 4.42 Å². The monoisotopic (exact) mass is 755 g/mol. The molecule has 0 saturated carbocycles. The predicted octanol–water partition coefficient (Wildman–Crippen LogP) is 15.3. The molecule has 1 aromatic heterocycles. The first-order valence-electron chi connectivity index (χ1n) is 19.9. The van der Waals surface area contributed by atoms with Gasteiger partial charge in [-0.2, -0.15) is 0 Å². The zero-order valence-electron chi connectivity index (χ0n) is 31.3. The first-order valence-corrected chi connectivity index (χ1v) is 20.7. The van der Waals surface area contributed by atoms with E-state index in [-0.39, 0.29) is 0 Å². The number of rotatable bonds is 3. The second-order valence-electron chi connectivity index (χ2n) is 15.6. The van der Waals surface area contributed by atoms with E-state index in [0.717, 1.165) is 44.4 Å². The fourth-order valence-corrected chi connectivity index (χ4v) is 11.4. The van der Waals surface area contributed by atoms with Gasteiger partial charge in [0.05, 0.1) is 5.41 Å². The van der Waals surface area contributed by atoms with E-state index in [0.29, 0.717) is 0 Å². The van der Waals surface area contributed by atoms with Crippen LogP contribution in [-0.2, 0) is 5.41 Å². The Kier molecular flexibility index (Phi) is 6.62. The number of hydrogen-bond acceptors (Lipinski definition) is 3. The number of fused-ring (bicyclic) bond motifs is 14. The average molecular weight is 756 g/mol. The Hall–Kier alpha value is -7.07. The number of hydrogen-bond donors (Lipinski definition) is 0. The van der Waals surface area contributed by atoms with Crippen molar-refractivity contribution >= 4 is 83.1 Å². The lowest BCUT2D eigenvalue weighted by Gasteiger charge is -2.46. The Morgan fingerprint density at radius 1 is 0.379 bits per heavy atom. The summed E-state index contributed by atoms with van der Waals surface area (Å²) in [6, 6.07) is 74.0. The third-order valence-electron chi connectivity index (χ3n) is 12.7. The van der Waals surface area contributed by atoms with Crippen LogP contribution < -0.4 is 4.90 Å². The quantitative estimate of drug-likeness (QED) is 0.179. The van der Waals surface area contributed by atoms with E-state index >= 15 is 0 Å². The molecule has 11 aromatic rings. The lowest BCUT2D eigenvalue weighted by molar-refractivity contribution is 0.672. The minimum atomic E-state index is -0.545. The van der Waals surface area contributed by atoms with Gasteiger partial charge in [-0.15, -0.1) is 0 Å². The Morgan fingerprint density at radius 2 is 1.00 bits per heavy atom. The molecule has 1 aliphatic heterocycles. The average Bonchev–Trinajstić information content (AvgIpc) is 3.66. The summed E-state index contributed by atoms with van der Waals surface area (Å²) in [6.07, 6.45) is 0. The minimum Gasteiger partial charge on any atom is -0.455 e. The molecule has 0 N–H and O–H groups in total. The highest BCUT2D eigenvalue weighted by atomic mass is 32.2.